The Morgan fingerprint density at radius 2 is 1.87 bits per heavy atom. The molecule has 0 radical (unpaired) electrons. The van der Waals surface area contributed by atoms with E-state index in [0.29, 0.717) is 28.8 Å². The van der Waals surface area contributed by atoms with Crippen LogP contribution in [0.4, 0.5) is 0 Å². The van der Waals surface area contributed by atoms with E-state index in [0.717, 1.165) is 11.1 Å². The number of rotatable bonds is 9. The molecule has 2 rings (SSSR count). The Balaban J connectivity index is 2.23. The van der Waals surface area contributed by atoms with E-state index in [4.69, 9.17) is 27.9 Å². The smallest absolute Gasteiger partial charge is 0.261 e. The minimum absolute atomic E-state index is 0.0217. The molecule has 162 valence electrons. The molecule has 0 saturated carbocycles. The van der Waals surface area contributed by atoms with Crippen LogP contribution in [0.3, 0.4) is 0 Å². The van der Waals surface area contributed by atoms with Crippen LogP contribution in [0, 0.1) is 6.92 Å². The summed E-state index contributed by atoms with van der Waals surface area (Å²) in [5.41, 5.74) is 2.03. The Hall–Kier alpha value is -2.24. The molecule has 7 heteroatoms. The van der Waals surface area contributed by atoms with E-state index in [1.165, 1.54) is 0 Å². The molecular formula is C23H28Cl2N2O3. The highest BCUT2D eigenvalue weighted by Crippen LogP contribution is 2.27. The first-order valence-corrected chi connectivity index (χ1v) is 10.7. The number of aryl methyl sites for hydroxylation is 1. The summed E-state index contributed by atoms with van der Waals surface area (Å²) < 4.78 is 5.64. The molecule has 2 aromatic rings. The summed E-state index contributed by atoms with van der Waals surface area (Å²) in [5, 5.41) is 3.71. The first-order valence-electron chi connectivity index (χ1n) is 9.94. The summed E-state index contributed by atoms with van der Waals surface area (Å²) in [6, 6.07) is 12.1. The minimum atomic E-state index is -0.607. The molecule has 5 nitrogen and oxygen atoms in total. The van der Waals surface area contributed by atoms with E-state index in [1.807, 2.05) is 52.0 Å². The lowest BCUT2D eigenvalue weighted by Gasteiger charge is -2.31. The zero-order chi connectivity index (χ0) is 22.3. The second-order valence-corrected chi connectivity index (χ2v) is 8.31. The van der Waals surface area contributed by atoms with Crippen LogP contribution in [0.2, 0.25) is 10.0 Å². The van der Waals surface area contributed by atoms with E-state index in [1.54, 1.807) is 23.1 Å². The van der Waals surface area contributed by atoms with Crippen molar-refractivity contribution in [1.82, 2.24) is 10.2 Å². The molecule has 30 heavy (non-hydrogen) atoms. The van der Waals surface area contributed by atoms with Crippen LogP contribution >= 0.6 is 23.2 Å². The number of benzene rings is 2. The lowest BCUT2D eigenvalue weighted by atomic mass is 10.1. The Labute approximate surface area is 188 Å². The molecule has 0 saturated heterocycles. The van der Waals surface area contributed by atoms with Crippen molar-refractivity contribution in [3.05, 3.63) is 63.6 Å². The van der Waals surface area contributed by atoms with Crippen LogP contribution in [-0.2, 0) is 16.1 Å². The molecule has 0 fully saturated rings. The van der Waals surface area contributed by atoms with Crippen molar-refractivity contribution in [3.8, 4) is 5.75 Å². The number of ether oxygens (including phenoxy) is 1. The van der Waals surface area contributed by atoms with Gasteiger partial charge in [-0.3, -0.25) is 9.59 Å². The van der Waals surface area contributed by atoms with Gasteiger partial charge >= 0.3 is 0 Å². The molecule has 0 spiro atoms. The first-order chi connectivity index (χ1) is 14.2. The molecule has 1 N–H and O–H groups in total. The molecular weight excluding hydrogens is 423 g/mol. The summed E-state index contributed by atoms with van der Waals surface area (Å²) in [6.45, 7) is 7.73. The molecule has 0 aromatic heterocycles. The summed E-state index contributed by atoms with van der Waals surface area (Å²) in [5.74, 6) is -0.115. The summed E-state index contributed by atoms with van der Waals surface area (Å²) in [4.78, 5) is 27.5. The molecule has 2 aromatic carbocycles. The topological polar surface area (TPSA) is 58.6 Å². The number of hydrogen-bond donors (Lipinski definition) is 1. The second kappa shape index (κ2) is 11.2. The number of carbonyl (C=O) groups is 2. The van der Waals surface area contributed by atoms with Gasteiger partial charge in [-0.25, -0.2) is 0 Å². The van der Waals surface area contributed by atoms with Crippen LogP contribution in [0.1, 0.15) is 38.3 Å². The van der Waals surface area contributed by atoms with Gasteiger partial charge in [0.2, 0.25) is 5.91 Å². The summed E-state index contributed by atoms with van der Waals surface area (Å²) >= 11 is 12.0. The molecule has 0 aliphatic rings. The Bertz CT molecular complexity index is 887. The number of amides is 2. The third-order valence-electron chi connectivity index (χ3n) is 4.50. The van der Waals surface area contributed by atoms with Crippen molar-refractivity contribution in [2.24, 2.45) is 0 Å². The SMILES string of the molecule is CC[C@H](C(=O)NC(C)C)N(Cc1cccc(C)c1)C(=O)COc1ccc(Cl)cc1Cl. The molecule has 1 atom stereocenters. The van der Waals surface area contributed by atoms with E-state index in [2.05, 4.69) is 5.32 Å². The van der Waals surface area contributed by atoms with E-state index in [9.17, 15) is 9.59 Å². The average molecular weight is 451 g/mol. The Morgan fingerprint density at radius 3 is 2.47 bits per heavy atom. The molecule has 0 bridgehead atoms. The molecule has 0 unspecified atom stereocenters. The van der Waals surface area contributed by atoms with Gasteiger partial charge in [0.15, 0.2) is 6.61 Å². The van der Waals surface area contributed by atoms with Crippen molar-refractivity contribution in [3.63, 3.8) is 0 Å². The third kappa shape index (κ3) is 6.92. The van der Waals surface area contributed by atoms with E-state index >= 15 is 0 Å². The normalized spacial score (nSPS) is 11.8. The fourth-order valence-corrected chi connectivity index (χ4v) is 3.59. The van der Waals surface area contributed by atoms with Gasteiger partial charge in [0.1, 0.15) is 11.8 Å². The maximum absolute atomic E-state index is 13.1. The zero-order valence-corrected chi connectivity index (χ0v) is 19.3. The fraction of sp³-hybridized carbons (Fsp3) is 0.391. The highest BCUT2D eigenvalue weighted by atomic mass is 35.5. The van der Waals surface area contributed by atoms with Crippen LogP contribution in [0.5, 0.6) is 5.75 Å². The molecule has 2 amide bonds. The fourth-order valence-electron chi connectivity index (χ4n) is 3.12. The van der Waals surface area contributed by atoms with Crippen molar-refractivity contribution in [2.75, 3.05) is 6.61 Å². The first kappa shape index (κ1) is 24.0. The van der Waals surface area contributed by atoms with Crippen LogP contribution in [0.25, 0.3) is 0 Å². The van der Waals surface area contributed by atoms with Gasteiger partial charge in [0.25, 0.3) is 5.91 Å². The molecule has 0 aliphatic carbocycles. The maximum atomic E-state index is 13.1. The number of halogens is 2. The summed E-state index contributed by atoms with van der Waals surface area (Å²) in [6.07, 6.45) is 0.484. The highest BCUT2D eigenvalue weighted by Gasteiger charge is 2.29. The monoisotopic (exact) mass is 450 g/mol. The van der Waals surface area contributed by atoms with Crippen LogP contribution in [-0.4, -0.2) is 35.4 Å². The summed E-state index contributed by atoms with van der Waals surface area (Å²) in [7, 11) is 0. The van der Waals surface area contributed by atoms with E-state index < -0.39 is 6.04 Å². The number of nitrogens with zero attached hydrogens (tertiary/aromatic N) is 1. The van der Waals surface area contributed by atoms with E-state index in [-0.39, 0.29) is 24.5 Å². The van der Waals surface area contributed by atoms with Gasteiger partial charge in [-0.1, -0.05) is 60.0 Å². The lowest BCUT2D eigenvalue weighted by molar-refractivity contribution is -0.143. The minimum Gasteiger partial charge on any atom is -0.482 e. The maximum Gasteiger partial charge on any atom is 0.261 e. The molecule has 0 aliphatic heterocycles. The number of carbonyl (C=O) groups excluding carboxylic acids is 2. The zero-order valence-electron chi connectivity index (χ0n) is 17.7. The molecule has 0 heterocycles. The quantitative estimate of drug-likeness (QED) is 0.583. The van der Waals surface area contributed by atoms with Crippen molar-refractivity contribution in [2.45, 2.75) is 52.7 Å². The van der Waals surface area contributed by atoms with Crippen LogP contribution < -0.4 is 10.1 Å². The van der Waals surface area contributed by atoms with Gasteiger partial charge < -0.3 is 15.0 Å². The Kier molecular flexibility index (Phi) is 9.00. The van der Waals surface area contributed by atoms with Gasteiger partial charge in [-0.2, -0.15) is 0 Å². The van der Waals surface area contributed by atoms with Gasteiger partial charge in [0.05, 0.1) is 5.02 Å². The van der Waals surface area contributed by atoms with Crippen molar-refractivity contribution in [1.29, 1.82) is 0 Å². The van der Waals surface area contributed by atoms with Crippen molar-refractivity contribution < 1.29 is 14.3 Å². The van der Waals surface area contributed by atoms with Crippen LogP contribution in [0.15, 0.2) is 42.5 Å². The lowest BCUT2D eigenvalue weighted by Crippen LogP contribution is -2.51. The van der Waals surface area contributed by atoms with Crippen molar-refractivity contribution >= 4 is 35.0 Å². The average Bonchev–Trinajstić information content (AvgIpc) is 2.66. The predicted octanol–water partition coefficient (Wildman–Crippen LogP) is 5.01. The number of nitrogens with one attached hydrogen (secondary N) is 1. The number of hydrogen-bond acceptors (Lipinski definition) is 3. The van der Waals surface area contributed by atoms with Gasteiger partial charge in [0, 0.05) is 17.6 Å². The van der Waals surface area contributed by atoms with Gasteiger partial charge in [-0.05, 0) is 51.0 Å². The van der Waals surface area contributed by atoms with Gasteiger partial charge in [-0.15, -0.1) is 0 Å². The largest absolute Gasteiger partial charge is 0.482 e. The third-order valence-corrected chi connectivity index (χ3v) is 5.03. The predicted molar refractivity (Wildman–Crippen MR) is 121 cm³/mol. The highest BCUT2D eigenvalue weighted by molar-refractivity contribution is 6.35. The standard InChI is InChI=1S/C23H28Cl2N2O3/c1-5-20(23(29)26-15(2)3)27(13-17-8-6-7-16(4)11-17)22(28)14-30-21-10-9-18(24)12-19(21)25/h6-12,15,20H,5,13-14H2,1-4H3,(H,26,29)/t20-/m1/s1. The second-order valence-electron chi connectivity index (χ2n) is 7.46. The Morgan fingerprint density at radius 1 is 1.13 bits per heavy atom.